The standard InChI is InChI=1S/C18H21N5O2S/c1-13(2)23-26(24,25)12-15-5-3-14(4-6-15)11-21-17-8-7-16-18(22-17)20-10-9-19-16/h3-10,13,23H,11-12H2,1-2H3,(H,20,21,22). The van der Waals surface area contributed by atoms with Crippen LogP contribution in [0.4, 0.5) is 5.82 Å². The Balaban J connectivity index is 1.62. The van der Waals surface area contributed by atoms with Gasteiger partial charge in [0, 0.05) is 25.0 Å². The van der Waals surface area contributed by atoms with E-state index in [0.29, 0.717) is 18.0 Å². The van der Waals surface area contributed by atoms with Crippen molar-refractivity contribution in [2.45, 2.75) is 32.2 Å². The van der Waals surface area contributed by atoms with Gasteiger partial charge in [0.15, 0.2) is 5.65 Å². The zero-order valence-electron chi connectivity index (χ0n) is 14.7. The van der Waals surface area contributed by atoms with Gasteiger partial charge in [-0.2, -0.15) is 0 Å². The van der Waals surface area contributed by atoms with Crippen LogP contribution in [0.15, 0.2) is 48.8 Å². The van der Waals surface area contributed by atoms with Crippen molar-refractivity contribution < 1.29 is 8.42 Å². The largest absolute Gasteiger partial charge is 0.366 e. The molecule has 3 rings (SSSR count). The van der Waals surface area contributed by atoms with Crippen LogP contribution < -0.4 is 10.0 Å². The van der Waals surface area contributed by atoms with Gasteiger partial charge in [0.05, 0.1) is 5.75 Å². The highest BCUT2D eigenvalue weighted by molar-refractivity contribution is 7.88. The molecule has 0 unspecified atom stereocenters. The van der Waals surface area contributed by atoms with Crippen molar-refractivity contribution in [3.05, 3.63) is 59.9 Å². The van der Waals surface area contributed by atoms with Gasteiger partial charge in [-0.3, -0.25) is 4.98 Å². The van der Waals surface area contributed by atoms with Gasteiger partial charge in [0.2, 0.25) is 10.0 Å². The summed E-state index contributed by atoms with van der Waals surface area (Å²) in [6.07, 6.45) is 3.25. The van der Waals surface area contributed by atoms with E-state index in [-0.39, 0.29) is 11.8 Å². The van der Waals surface area contributed by atoms with Gasteiger partial charge < -0.3 is 5.32 Å². The fourth-order valence-corrected chi connectivity index (χ4v) is 3.95. The average Bonchev–Trinajstić information content (AvgIpc) is 2.59. The summed E-state index contributed by atoms with van der Waals surface area (Å²) >= 11 is 0. The number of pyridine rings is 1. The third kappa shape index (κ3) is 4.96. The molecule has 0 amide bonds. The van der Waals surface area contributed by atoms with Crippen molar-refractivity contribution in [3.8, 4) is 0 Å². The molecule has 0 spiro atoms. The second kappa shape index (κ2) is 7.76. The predicted octanol–water partition coefficient (Wildman–Crippen LogP) is 2.46. The molecule has 0 bridgehead atoms. The van der Waals surface area contributed by atoms with Crippen LogP contribution in [0.1, 0.15) is 25.0 Å². The molecule has 8 heteroatoms. The average molecular weight is 371 g/mol. The second-order valence-electron chi connectivity index (χ2n) is 6.30. The Hall–Kier alpha value is -2.58. The van der Waals surface area contributed by atoms with E-state index in [0.717, 1.165) is 16.6 Å². The lowest BCUT2D eigenvalue weighted by molar-refractivity contribution is 0.569. The molecule has 0 aliphatic heterocycles. The minimum Gasteiger partial charge on any atom is -0.366 e. The highest BCUT2D eigenvalue weighted by atomic mass is 32.2. The minimum absolute atomic E-state index is 0.0240. The molecule has 2 N–H and O–H groups in total. The molecule has 3 aromatic rings. The first kappa shape index (κ1) is 18.2. The zero-order chi connectivity index (χ0) is 18.6. The molecule has 0 aliphatic rings. The van der Waals surface area contributed by atoms with Crippen LogP contribution in [0.25, 0.3) is 11.2 Å². The number of hydrogen-bond donors (Lipinski definition) is 2. The summed E-state index contributed by atoms with van der Waals surface area (Å²) < 4.78 is 26.5. The lowest BCUT2D eigenvalue weighted by atomic mass is 10.1. The predicted molar refractivity (Wildman–Crippen MR) is 102 cm³/mol. The Morgan fingerprint density at radius 2 is 1.65 bits per heavy atom. The lowest BCUT2D eigenvalue weighted by Gasteiger charge is -2.10. The Labute approximate surface area is 153 Å². The molecule has 0 atom stereocenters. The molecule has 0 saturated heterocycles. The van der Waals surface area contributed by atoms with E-state index in [2.05, 4.69) is 25.0 Å². The van der Waals surface area contributed by atoms with Gasteiger partial charge in [-0.15, -0.1) is 0 Å². The summed E-state index contributed by atoms with van der Waals surface area (Å²) in [5.74, 6) is 0.690. The van der Waals surface area contributed by atoms with Crippen LogP contribution in [0, 0.1) is 0 Å². The summed E-state index contributed by atoms with van der Waals surface area (Å²) in [6, 6.07) is 11.1. The maximum Gasteiger partial charge on any atom is 0.216 e. The molecule has 136 valence electrons. The van der Waals surface area contributed by atoms with Crippen LogP contribution in [-0.2, 0) is 22.3 Å². The smallest absolute Gasteiger partial charge is 0.216 e. The normalized spacial score (nSPS) is 11.8. The van der Waals surface area contributed by atoms with Crippen LogP contribution >= 0.6 is 0 Å². The fraction of sp³-hybridized carbons (Fsp3) is 0.278. The van der Waals surface area contributed by atoms with E-state index in [1.807, 2.05) is 36.4 Å². The first-order chi connectivity index (χ1) is 12.4. The monoisotopic (exact) mass is 371 g/mol. The van der Waals surface area contributed by atoms with Gasteiger partial charge in [0.25, 0.3) is 0 Å². The third-order valence-corrected chi connectivity index (χ3v) is 5.14. The van der Waals surface area contributed by atoms with Crippen molar-refractivity contribution >= 4 is 27.0 Å². The van der Waals surface area contributed by atoms with Gasteiger partial charge in [0.1, 0.15) is 11.3 Å². The van der Waals surface area contributed by atoms with E-state index < -0.39 is 10.0 Å². The van der Waals surface area contributed by atoms with Gasteiger partial charge in [-0.05, 0) is 37.1 Å². The molecule has 7 nitrogen and oxygen atoms in total. The molecular formula is C18H21N5O2S. The first-order valence-corrected chi connectivity index (χ1v) is 9.96. The number of anilines is 1. The maximum absolute atomic E-state index is 12.0. The van der Waals surface area contributed by atoms with Crippen LogP contribution in [0.2, 0.25) is 0 Å². The van der Waals surface area contributed by atoms with E-state index in [9.17, 15) is 8.42 Å². The quantitative estimate of drug-likeness (QED) is 0.662. The summed E-state index contributed by atoms with van der Waals surface area (Å²) in [7, 11) is -3.31. The SMILES string of the molecule is CC(C)NS(=O)(=O)Cc1ccc(CNc2ccc3nccnc3n2)cc1. The van der Waals surface area contributed by atoms with Crippen molar-refractivity contribution in [2.75, 3.05) is 5.32 Å². The highest BCUT2D eigenvalue weighted by Crippen LogP contribution is 2.13. The number of aromatic nitrogens is 3. The number of rotatable bonds is 7. The zero-order valence-corrected chi connectivity index (χ0v) is 15.5. The number of sulfonamides is 1. The fourth-order valence-electron chi connectivity index (χ4n) is 2.52. The second-order valence-corrected chi connectivity index (χ2v) is 8.05. The topological polar surface area (TPSA) is 96.9 Å². The van der Waals surface area contributed by atoms with E-state index in [1.165, 1.54) is 0 Å². The van der Waals surface area contributed by atoms with Crippen molar-refractivity contribution in [1.82, 2.24) is 19.7 Å². The number of hydrogen-bond acceptors (Lipinski definition) is 6. The van der Waals surface area contributed by atoms with Crippen LogP contribution in [0.3, 0.4) is 0 Å². The number of nitrogens with zero attached hydrogens (tertiary/aromatic N) is 3. The van der Waals surface area contributed by atoms with Gasteiger partial charge in [-0.1, -0.05) is 24.3 Å². The molecule has 0 radical (unpaired) electrons. The van der Waals surface area contributed by atoms with Gasteiger partial charge >= 0.3 is 0 Å². The van der Waals surface area contributed by atoms with Crippen LogP contribution in [0.5, 0.6) is 0 Å². The summed E-state index contributed by atoms with van der Waals surface area (Å²) in [6.45, 7) is 4.19. The van der Waals surface area contributed by atoms with Crippen molar-refractivity contribution in [3.63, 3.8) is 0 Å². The number of nitrogens with one attached hydrogen (secondary N) is 2. The number of benzene rings is 1. The Morgan fingerprint density at radius 1 is 0.962 bits per heavy atom. The van der Waals surface area contributed by atoms with Crippen molar-refractivity contribution in [1.29, 1.82) is 0 Å². The van der Waals surface area contributed by atoms with E-state index >= 15 is 0 Å². The van der Waals surface area contributed by atoms with E-state index in [1.54, 1.807) is 26.2 Å². The molecule has 0 fully saturated rings. The van der Waals surface area contributed by atoms with Crippen molar-refractivity contribution in [2.24, 2.45) is 0 Å². The summed E-state index contributed by atoms with van der Waals surface area (Å²) in [5.41, 5.74) is 3.12. The maximum atomic E-state index is 12.0. The highest BCUT2D eigenvalue weighted by Gasteiger charge is 2.12. The van der Waals surface area contributed by atoms with E-state index in [4.69, 9.17) is 0 Å². The lowest BCUT2D eigenvalue weighted by Crippen LogP contribution is -2.31. The molecule has 26 heavy (non-hydrogen) atoms. The third-order valence-electron chi connectivity index (χ3n) is 3.60. The Kier molecular flexibility index (Phi) is 5.43. The minimum atomic E-state index is -3.31. The first-order valence-electron chi connectivity index (χ1n) is 8.31. The van der Waals surface area contributed by atoms with Crippen LogP contribution in [-0.4, -0.2) is 29.4 Å². The summed E-state index contributed by atoms with van der Waals surface area (Å²) in [4.78, 5) is 12.8. The van der Waals surface area contributed by atoms with Gasteiger partial charge in [-0.25, -0.2) is 23.1 Å². The molecular weight excluding hydrogens is 350 g/mol. The molecule has 2 heterocycles. The molecule has 2 aromatic heterocycles. The Morgan fingerprint density at radius 3 is 2.38 bits per heavy atom. The molecule has 1 aromatic carbocycles. The molecule has 0 saturated carbocycles. The molecule has 0 aliphatic carbocycles. The number of fused-ring (bicyclic) bond motifs is 1. The summed E-state index contributed by atoms with van der Waals surface area (Å²) in [5, 5.41) is 3.24. The Bertz CT molecular complexity index is 988.